The van der Waals surface area contributed by atoms with Crippen molar-refractivity contribution in [3.8, 4) is 10.6 Å². The molecule has 2 aliphatic heterocycles. The predicted octanol–water partition coefficient (Wildman–Crippen LogP) is 3.18. The Morgan fingerprint density at radius 3 is 2.84 bits per heavy atom. The number of piperidine rings is 1. The summed E-state index contributed by atoms with van der Waals surface area (Å²) >= 11 is 1.78. The maximum absolute atomic E-state index is 13.1. The molecule has 2 aliphatic rings. The molecule has 0 radical (unpaired) electrons. The van der Waals surface area contributed by atoms with Crippen LogP contribution in [0.25, 0.3) is 21.6 Å². The molecule has 1 saturated heterocycles. The average Bonchev–Trinajstić information content (AvgIpc) is 3.47. The van der Waals surface area contributed by atoms with Gasteiger partial charge >= 0.3 is 0 Å². The largest absolute Gasteiger partial charge is 0.370 e. The Morgan fingerprint density at radius 2 is 2.00 bits per heavy atom. The summed E-state index contributed by atoms with van der Waals surface area (Å²) in [7, 11) is 0. The van der Waals surface area contributed by atoms with Crippen LogP contribution in [0.1, 0.15) is 33.6 Å². The lowest BCUT2D eigenvalue weighted by Gasteiger charge is -2.44. The second-order valence-corrected chi connectivity index (χ2v) is 9.09. The van der Waals surface area contributed by atoms with Crippen molar-refractivity contribution in [2.75, 3.05) is 19.7 Å². The van der Waals surface area contributed by atoms with Gasteiger partial charge in [0.2, 0.25) is 0 Å². The maximum atomic E-state index is 13.1. The Kier molecular flexibility index (Phi) is 4.32. The van der Waals surface area contributed by atoms with Gasteiger partial charge in [-0.3, -0.25) is 14.8 Å². The topological polar surface area (TPSA) is 96.9 Å². The predicted molar refractivity (Wildman–Crippen MR) is 116 cm³/mol. The Morgan fingerprint density at radius 1 is 1.13 bits per heavy atom. The molecule has 1 fully saturated rings. The van der Waals surface area contributed by atoms with Gasteiger partial charge in [0.15, 0.2) is 0 Å². The molecule has 1 N–H and O–H groups in total. The highest BCUT2D eigenvalue weighted by atomic mass is 32.1. The number of H-pyrrole nitrogens is 1. The normalized spacial score (nSPS) is 17.7. The Labute approximate surface area is 182 Å². The minimum Gasteiger partial charge on any atom is -0.370 e. The monoisotopic (exact) mass is 432 g/mol. The van der Waals surface area contributed by atoms with Crippen LogP contribution in [0.4, 0.5) is 0 Å². The van der Waals surface area contributed by atoms with E-state index >= 15 is 0 Å². The van der Waals surface area contributed by atoms with Gasteiger partial charge < -0.3 is 9.64 Å². The van der Waals surface area contributed by atoms with Crippen LogP contribution >= 0.6 is 11.3 Å². The Bertz CT molecular complexity index is 1260. The third kappa shape index (κ3) is 3.12. The van der Waals surface area contributed by atoms with E-state index in [2.05, 4.69) is 31.4 Å². The summed E-state index contributed by atoms with van der Waals surface area (Å²) in [6.45, 7) is 2.03. The van der Waals surface area contributed by atoms with Gasteiger partial charge in [0.05, 0.1) is 29.0 Å². The highest BCUT2D eigenvalue weighted by Gasteiger charge is 2.43. The second kappa shape index (κ2) is 7.21. The number of likely N-dealkylation sites (tertiary alicyclic amines) is 1. The molecule has 0 unspecified atom stereocenters. The zero-order valence-corrected chi connectivity index (χ0v) is 17.6. The molecule has 0 atom stereocenters. The van der Waals surface area contributed by atoms with Crippen LogP contribution in [-0.4, -0.2) is 55.9 Å². The molecule has 5 heterocycles. The van der Waals surface area contributed by atoms with Crippen LogP contribution < -0.4 is 0 Å². The van der Waals surface area contributed by atoms with Gasteiger partial charge in [0.1, 0.15) is 11.0 Å². The standard InChI is InChI=1S/C22H20N6O2S/c29-21(14-1-2-16-17(11-14)26-27-25-16)28-8-4-22(5-9-28)15-12-20(18-13-23-6-7-24-18)31-19(15)3-10-30-22/h1-2,6-7,11-13H,3-5,8-10H2,(H,25,26,27). The molecule has 9 heteroatoms. The summed E-state index contributed by atoms with van der Waals surface area (Å²) in [5, 5.41) is 10.7. The molecule has 0 bridgehead atoms. The van der Waals surface area contributed by atoms with Crippen molar-refractivity contribution in [3.05, 3.63) is 58.9 Å². The number of aromatic amines is 1. The molecule has 8 nitrogen and oxygen atoms in total. The van der Waals surface area contributed by atoms with E-state index in [1.807, 2.05) is 17.0 Å². The van der Waals surface area contributed by atoms with Crippen LogP contribution in [-0.2, 0) is 16.8 Å². The van der Waals surface area contributed by atoms with Crippen molar-refractivity contribution >= 4 is 28.3 Å². The lowest BCUT2D eigenvalue weighted by molar-refractivity contribution is -0.0926. The number of carbonyl (C=O) groups excluding carboxylic acids is 1. The number of ether oxygens (including phenoxy) is 1. The van der Waals surface area contributed by atoms with Crippen LogP contribution in [0.2, 0.25) is 0 Å². The van der Waals surface area contributed by atoms with E-state index in [9.17, 15) is 4.79 Å². The van der Waals surface area contributed by atoms with E-state index in [0.717, 1.165) is 35.4 Å². The van der Waals surface area contributed by atoms with Crippen LogP contribution in [0.3, 0.4) is 0 Å². The number of amides is 1. The van der Waals surface area contributed by atoms with Crippen molar-refractivity contribution in [2.45, 2.75) is 24.9 Å². The average molecular weight is 433 g/mol. The molecule has 156 valence electrons. The zero-order chi connectivity index (χ0) is 20.8. The van der Waals surface area contributed by atoms with Gasteiger partial charge in [-0.15, -0.1) is 11.3 Å². The van der Waals surface area contributed by atoms with Crippen molar-refractivity contribution in [1.29, 1.82) is 0 Å². The fourth-order valence-electron chi connectivity index (χ4n) is 4.61. The van der Waals surface area contributed by atoms with Crippen LogP contribution in [0, 0.1) is 0 Å². The number of rotatable bonds is 2. The summed E-state index contributed by atoms with van der Waals surface area (Å²) in [6, 6.07) is 7.66. The molecule has 1 amide bonds. The minimum absolute atomic E-state index is 0.0290. The fraction of sp³-hybridized carbons (Fsp3) is 0.318. The Balaban J connectivity index is 1.24. The lowest BCUT2D eigenvalue weighted by Crippen LogP contribution is -2.48. The third-order valence-corrected chi connectivity index (χ3v) is 7.46. The van der Waals surface area contributed by atoms with E-state index in [0.29, 0.717) is 30.8 Å². The molecule has 0 aliphatic carbocycles. The minimum atomic E-state index is -0.322. The summed E-state index contributed by atoms with van der Waals surface area (Å²) < 4.78 is 6.37. The summed E-state index contributed by atoms with van der Waals surface area (Å²) in [6.07, 6.45) is 7.71. The quantitative estimate of drug-likeness (QED) is 0.523. The number of thiophene rings is 1. The molecule has 6 rings (SSSR count). The van der Waals surface area contributed by atoms with Crippen molar-refractivity contribution in [1.82, 2.24) is 30.3 Å². The number of hydrogen-bond donors (Lipinski definition) is 1. The molecule has 3 aromatic heterocycles. The SMILES string of the molecule is O=C(c1ccc2n[nH]nc2c1)N1CCC2(CC1)OCCc1sc(-c3cnccn3)cc12. The van der Waals surface area contributed by atoms with E-state index in [1.165, 1.54) is 10.4 Å². The molecule has 4 aromatic rings. The molecular formula is C22H20N6O2S. The molecule has 1 aromatic carbocycles. The summed E-state index contributed by atoms with van der Waals surface area (Å²) in [4.78, 5) is 26.2. The number of hydrogen-bond acceptors (Lipinski definition) is 7. The van der Waals surface area contributed by atoms with E-state index in [4.69, 9.17) is 4.74 Å². The number of benzene rings is 1. The summed E-state index contributed by atoms with van der Waals surface area (Å²) in [5.41, 5.74) is 3.94. The summed E-state index contributed by atoms with van der Waals surface area (Å²) in [5.74, 6) is 0.0290. The number of carbonyl (C=O) groups is 1. The van der Waals surface area contributed by atoms with Gasteiger partial charge in [0.25, 0.3) is 5.91 Å². The molecule has 0 saturated carbocycles. The van der Waals surface area contributed by atoms with E-state index in [1.54, 1.807) is 36.0 Å². The first-order valence-corrected chi connectivity index (χ1v) is 11.2. The number of nitrogens with zero attached hydrogens (tertiary/aromatic N) is 5. The van der Waals surface area contributed by atoms with Gasteiger partial charge in [0, 0.05) is 42.3 Å². The Hall–Kier alpha value is -3.17. The number of aromatic nitrogens is 5. The number of nitrogens with one attached hydrogen (secondary N) is 1. The highest BCUT2D eigenvalue weighted by Crippen LogP contribution is 2.46. The van der Waals surface area contributed by atoms with Gasteiger partial charge in [-0.1, -0.05) is 0 Å². The van der Waals surface area contributed by atoms with E-state index in [-0.39, 0.29) is 11.5 Å². The highest BCUT2D eigenvalue weighted by molar-refractivity contribution is 7.15. The second-order valence-electron chi connectivity index (χ2n) is 7.95. The van der Waals surface area contributed by atoms with E-state index < -0.39 is 0 Å². The third-order valence-electron chi connectivity index (χ3n) is 6.24. The number of fused-ring (bicyclic) bond motifs is 3. The zero-order valence-electron chi connectivity index (χ0n) is 16.7. The first-order chi connectivity index (χ1) is 15.2. The smallest absolute Gasteiger partial charge is 0.253 e. The molecular weight excluding hydrogens is 412 g/mol. The van der Waals surface area contributed by atoms with Crippen molar-refractivity contribution in [3.63, 3.8) is 0 Å². The van der Waals surface area contributed by atoms with Crippen molar-refractivity contribution in [2.24, 2.45) is 0 Å². The van der Waals surface area contributed by atoms with Gasteiger partial charge in [-0.2, -0.15) is 15.4 Å². The lowest BCUT2D eigenvalue weighted by atomic mass is 9.82. The first-order valence-electron chi connectivity index (χ1n) is 10.4. The fourth-order valence-corrected chi connectivity index (χ4v) is 5.80. The maximum Gasteiger partial charge on any atom is 0.253 e. The van der Waals surface area contributed by atoms with Crippen molar-refractivity contribution < 1.29 is 9.53 Å². The van der Waals surface area contributed by atoms with Crippen LogP contribution in [0.15, 0.2) is 42.9 Å². The van der Waals surface area contributed by atoms with Crippen LogP contribution in [0.5, 0.6) is 0 Å². The molecule has 31 heavy (non-hydrogen) atoms. The van der Waals surface area contributed by atoms with Gasteiger partial charge in [-0.25, -0.2) is 0 Å². The van der Waals surface area contributed by atoms with Gasteiger partial charge in [-0.05, 0) is 42.7 Å². The molecule has 1 spiro atoms. The first kappa shape index (κ1) is 18.6.